The maximum atomic E-state index is 12.1. The molecule has 2 amide bonds. The van der Waals surface area contributed by atoms with Crippen LogP contribution in [0.15, 0.2) is 30.3 Å². The van der Waals surface area contributed by atoms with Crippen molar-refractivity contribution in [3.8, 4) is 0 Å². The predicted molar refractivity (Wildman–Crippen MR) is 79.5 cm³/mol. The summed E-state index contributed by atoms with van der Waals surface area (Å²) in [6.45, 7) is 2.92. The van der Waals surface area contributed by atoms with Crippen molar-refractivity contribution in [3.63, 3.8) is 0 Å². The fourth-order valence-electron chi connectivity index (χ4n) is 2.33. The first-order chi connectivity index (χ1) is 10.1. The highest BCUT2D eigenvalue weighted by atomic mass is 16.5. The van der Waals surface area contributed by atoms with E-state index in [-0.39, 0.29) is 29.7 Å². The molecule has 2 rings (SSSR count). The highest BCUT2D eigenvalue weighted by Crippen LogP contribution is 2.39. The molecule has 0 bridgehead atoms. The van der Waals surface area contributed by atoms with Crippen LogP contribution in [0.25, 0.3) is 0 Å². The van der Waals surface area contributed by atoms with Crippen LogP contribution < -0.4 is 10.6 Å². The normalized spacial score (nSPS) is 21.4. The Kier molecular flexibility index (Phi) is 5.33. The van der Waals surface area contributed by atoms with Gasteiger partial charge in [-0.05, 0) is 18.9 Å². The monoisotopic (exact) mass is 290 g/mol. The van der Waals surface area contributed by atoms with E-state index < -0.39 is 0 Å². The number of nitrogens with one attached hydrogen (secondary N) is 2. The fraction of sp³-hybridized carbons (Fsp3) is 0.500. The number of benzene rings is 1. The van der Waals surface area contributed by atoms with Gasteiger partial charge in [-0.15, -0.1) is 0 Å². The molecule has 1 aliphatic carbocycles. The van der Waals surface area contributed by atoms with Crippen LogP contribution in [-0.4, -0.2) is 32.1 Å². The van der Waals surface area contributed by atoms with Crippen molar-refractivity contribution in [2.75, 3.05) is 20.3 Å². The van der Waals surface area contributed by atoms with E-state index in [0.29, 0.717) is 19.6 Å². The van der Waals surface area contributed by atoms with E-state index >= 15 is 0 Å². The molecule has 1 aliphatic rings. The average molecular weight is 290 g/mol. The fourth-order valence-corrected chi connectivity index (χ4v) is 2.33. The second-order valence-corrected chi connectivity index (χ2v) is 5.37. The number of carbonyl (C=O) groups is 2. The molecule has 5 heteroatoms. The molecule has 3 atom stereocenters. The summed E-state index contributed by atoms with van der Waals surface area (Å²) < 4.78 is 4.87. The number of hydrogen-bond acceptors (Lipinski definition) is 3. The molecule has 0 radical (unpaired) electrons. The molecular weight excluding hydrogens is 268 g/mol. The first-order valence-corrected chi connectivity index (χ1v) is 7.25. The average Bonchev–Trinajstić information content (AvgIpc) is 3.29. The SMILES string of the molecule is COCCNC(=O)C1CC1C(=O)NC(C)c1ccccc1. The van der Waals surface area contributed by atoms with Crippen molar-refractivity contribution in [2.24, 2.45) is 11.8 Å². The largest absolute Gasteiger partial charge is 0.383 e. The van der Waals surface area contributed by atoms with Gasteiger partial charge in [-0.25, -0.2) is 0 Å². The molecule has 1 fully saturated rings. The third kappa shape index (κ3) is 4.29. The van der Waals surface area contributed by atoms with Gasteiger partial charge in [-0.2, -0.15) is 0 Å². The predicted octanol–water partition coefficient (Wildman–Crippen LogP) is 1.26. The lowest BCUT2D eigenvalue weighted by Crippen LogP contribution is -2.32. The maximum Gasteiger partial charge on any atom is 0.224 e. The zero-order valence-electron chi connectivity index (χ0n) is 12.5. The minimum atomic E-state index is -0.196. The molecule has 0 heterocycles. The lowest BCUT2D eigenvalue weighted by molar-refractivity contribution is -0.127. The van der Waals surface area contributed by atoms with E-state index in [4.69, 9.17) is 4.74 Å². The van der Waals surface area contributed by atoms with Crippen LogP contribution in [0.3, 0.4) is 0 Å². The molecule has 1 aromatic rings. The second kappa shape index (κ2) is 7.22. The maximum absolute atomic E-state index is 12.1. The first-order valence-electron chi connectivity index (χ1n) is 7.25. The van der Waals surface area contributed by atoms with Crippen molar-refractivity contribution < 1.29 is 14.3 Å². The molecule has 2 N–H and O–H groups in total. The van der Waals surface area contributed by atoms with Gasteiger partial charge in [-0.1, -0.05) is 30.3 Å². The Hall–Kier alpha value is -1.88. The number of hydrogen-bond donors (Lipinski definition) is 2. The van der Waals surface area contributed by atoms with Gasteiger partial charge in [0.25, 0.3) is 0 Å². The number of carbonyl (C=O) groups excluding carboxylic acids is 2. The van der Waals surface area contributed by atoms with Crippen molar-refractivity contribution in [1.82, 2.24) is 10.6 Å². The number of methoxy groups -OCH3 is 1. The van der Waals surface area contributed by atoms with E-state index in [1.165, 1.54) is 0 Å². The quantitative estimate of drug-likeness (QED) is 0.743. The van der Waals surface area contributed by atoms with Crippen LogP contribution >= 0.6 is 0 Å². The summed E-state index contributed by atoms with van der Waals surface area (Å²) in [4.78, 5) is 23.9. The number of rotatable bonds is 7. The zero-order chi connectivity index (χ0) is 15.2. The Labute approximate surface area is 125 Å². The first kappa shape index (κ1) is 15.5. The molecule has 0 spiro atoms. The van der Waals surface area contributed by atoms with Crippen LogP contribution in [0.2, 0.25) is 0 Å². The highest BCUT2D eigenvalue weighted by molar-refractivity contribution is 5.92. The van der Waals surface area contributed by atoms with Crippen LogP contribution in [-0.2, 0) is 14.3 Å². The third-order valence-corrected chi connectivity index (χ3v) is 3.73. The lowest BCUT2D eigenvalue weighted by atomic mass is 10.1. The van der Waals surface area contributed by atoms with Gasteiger partial charge in [0.05, 0.1) is 24.5 Å². The molecule has 0 aliphatic heterocycles. The Morgan fingerprint density at radius 1 is 1.24 bits per heavy atom. The minimum absolute atomic E-state index is 0.0433. The molecular formula is C16H22N2O3. The van der Waals surface area contributed by atoms with Crippen LogP contribution in [0.4, 0.5) is 0 Å². The van der Waals surface area contributed by atoms with Gasteiger partial charge in [0.2, 0.25) is 11.8 Å². The molecule has 0 saturated heterocycles. The molecule has 5 nitrogen and oxygen atoms in total. The minimum Gasteiger partial charge on any atom is -0.383 e. The Morgan fingerprint density at radius 2 is 1.90 bits per heavy atom. The Balaban J connectivity index is 1.77. The summed E-state index contributed by atoms with van der Waals surface area (Å²) in [5, 5.41) is 5.74. The number of ether oxygens (including phenoxy) is 1. The van der Waals surface area contributed by atoms with Crippen LogP contribution in [0, 0.1) is 11.8 Å². The van der Waals surface area contributed by atoms with Crippen molar-refractivity contribution in [1.29, 1.82) is 0 Å². The smallest absolute Gasteiger partial charge is 0.224 e. The Morgan fingerprint density at radius 3 is 2.57 bits per heavy atom. The standard InChI is InChI=1S/C16H22N2O3/c1-11(12-6-4-3-5-7-12)18-16(20)14-10-13(14)15(19)17-8-9-21-2/h3-7,11,13-14H,8-10H2,1-2H3,(H,17,19)(H,18,20). The highest BCUT2D eigenvalue weighted by Gasteiger charge is 2.48. The van der Waals surface area contributed by atoms with Gasteiger partial charge < -0.3 is 15.4 Å². The summed E-state index contributed by atoms with van der Waals surface area (Å²) in [7, 11) is 1.59. The van der Waals surface area contributed by atoms with E-state index in [0.717, 1.165) is 5.56 Å². The molecule has 3 unspecified atom stereocenters. The molecule has 1 aromatic carbocycles. The van der Waals surface area contributed by atoms with Crippen LogP contribution in [0.5, 0.6) is 0 Å². The van der Waals surface area contributed by atoms with E-state index in [2.05, 4.69) is 10.6 Å². The molecule has 0 aromatic heterocycles. The molecule has 1 saturated carbocycles. The van der Waals surface area contributed by atoms with E-state index in [1.54, 1.807) is 7.11 Å². The van der Waals surface area contributed by atoms with E-state index in [9.17, 15) is 9.59 Å². The van der Waals surface area contributed by atoms with Gasteiger partial charge in [0, 0.05) is 13.7 Å². The Bertz CT molecular complexity index is 490. The lowest BCUT2D eigenvalue weighted by Gasteiger charge is -2.14. The summed E-state index contributed by atoms with van der Waals surface area (Å²) in [5.74, 6) is -0.485. The summed E-state index contributed by atoms with van der Waals surface area (Å²) >= 11 is 0. The summed E-state index contributed by atoms with van der Waals surface area (Å²) in [6.07, 6.45) is 0.631. The van der Waals surface area contributed by atoms with Gasteiger partial charge in [0.1, 0.15) is 0 Å². The third-order valence-electron chi connectivity index (χ3n) is 3.73. The molecule has 21 heavy (non-hydrogen) atoms. The molecule has 114 valence electrons. The van der Waals surface area contributed by atoms with Crippen molar-refractivity contribution in [2.45, 2.75) is 19.4 Å². The van der Waals surface area contributed by atoms with Gasteiger partial charge in [-0.3, -0.25) is 9.59 Å². The van der Waals surface area contributed by atoms with Gasteiger partial charge >= 0.3 is 0 Å². The van der Waals surface area contributed by atoms with Gasteiger partial charge in [0.15, 0.2) is 0 Å². The second-order valence-electron chi connectivity index (χ2n) is 5.37. The summed E-state index contributed by atoms with van der Waals surface area (Å²) in [6, 6.07) is 9.75. The van der Waals surface area contributed by atoms with Crippen LogP contribution in [0.1, 0.15) is 24.9 Å². The van der Waals surface area contributed by atoms with Crippen molar-refractivity contribution >= 4 is 11.8 Å². The topological polar surface area (TPSA) is 67.4 Å². The summed E-state index contributed by atoms with van der Waals surface area (Å²) in [5.41, 5.74) is 1.06. The number of amides is 2. The zero-order valence-corrected chi connectivity index (χ0v) is 12.5. The van der Waals surface area contributed by atoms with Crippen molar-refractivity contribution in [3.05, 3.63) is 35.9 Å². The van der Waals surface area contributed by atoms with E-state index in [1.807, 2.05) is 37.3 Å².